The smallest absolute Gasteiger partial charge is 0.441 e. The van der Waals surface area contributed by atoms with Crippen LogP contribution in [0.15, 0.2) is 4.79 Å². The SMILES string of the molecule is Cc1nc(=O)n(CCSC(F)(F)F)c(C)c1C(C)C(=O)O. The average Bonchev–Trinajstić information content (AvgIpc) is 2.31. The maximum atomic E-state index is 12.1. The van der Waals surface area contributed by atoms with Crippen LogP contribution in [0.4, 0.5) is 13.2 Å². The molecule has 1 rings (SSSR count). The van der Waals surface area contributed by atoms with Gasteiger partial charge in [-0.1, -0.05) is 0 Å². The normalized spacial score (nSPS) is 13.2. The quantitative estimate of drug-likeness (QED) is 0.900. The first-order valence-electron chi connectivity index (χ1n) is 6.06. The van der Waals surface area contributed by atoms with Gasteiger partial charge in [0.1, 0.15) is 0 Å². The van der Waals surface area contributed by atoms with Gasteiger partial charge in [0.15, 0.2) is 0 Å². The molecule has 0 aliphatic carbocycles. The molecule has 1 N–H and O–H groups in total. The Labute approximate surface area is 123 Å². The van der Waals surface area contributed by atoms with Crippen LogP contribution in [0.2, 0.25) is 0 Å². The van der Waals surface area contributed by atoms with E-state index < -0.39 is 23.1 Å². The van der Waals surface area contributed by atoms with Crippen LogP contribution >= 0.6 is 11.8 Å². The Hall–Kier alpha value is -1.51. The molecule has 1 aromatic rings. The van der Waals surface area contributed by atoms with Crippen molar-refractivity contribution in [2.75, 3.05) is 5.75 Å². The first-order chi connectivity index (χ1) is 9.54. The van der Waals surface area contributed by atoms with Crippen molar-refractivity contribution in [2.45, 2.75) is 38.7 Å². The Kier molecular flexibility index (Phi) is 5.43. The van der Waals surface area contributed by atoms with Crippen LogP contribution in [-0.2, 0) is 11.3 Å². The minimum atomic E-state index is -4.37. The minimum Gasteiger partial charge on any atom is -0.481 e. The van der Waals surface area contributed by atoms with E-state index >= 15 is 0 Å². The van der Waals surface area contributed by atoms with Gasteiger partial charge in [-0.25, -0.2) is 4.79 Å². The Bertz CT molecular complexity index is 599. The Balaban J connectivity index is 3.13. The molecular weight excluding hydrogens is 309 g/mol. The molecule has 0 radical (unpaired) electrons. The van der Waals surface area contributed by atoms with Gasteiger partial charge in [0.05, 0.1) is 5.92 Å². The van der Waals surface area contributed by atoms with Crippen molar-refractivity contribution in [3.63, 3.8) is 0 Å². The predicted molar refractivity (Wildman–Crippen MR) is 72.5 cm³/mol. The van der Waals surface area contributed by atoms with Gasteiger partial charge in [0.2, 0.25) is 0 Å². The number of aryl methyl sites for hydroxylation is 1. The third-order valence-electron chi connectivity index (χ3n) is 3.06. The zero-order chi connectivity index (χ0) is 16.4. The van der Waals surface area contributed by atoms with E-state index in [0.717, 1.165) is 4.57 Å². The molecule has 0 aliphatic rings. The number of nitrogens with zero attached hydrogens (tertiary/aromatic N) is 2. The summed E-state index contributed by atoms with van der Waals surface area (Å²) in [4.78, 5) is 26.6. The molecule has 1 unspecified atom stereocenters. The van der Waals surface area contributed by atoms with E-state index in [4.69, 9.17) is 5.11 Å². The molecule has 21 heavy (non-hydrogen) atoms. The van der Waals surface area contributed by atoms with E-state index in [9.17, 15) is 22.8 Å². The molecule has 0 aromatic carbocycles. The summed E-state index contributed by atoms with van der Waals surface area (Å²) in [6.07, 6.45) is 0. The molecule has 0 saturated heterocycles. The summed E-state index contributed by atoms with van der Waals surface area (Å²) in [5.74, 6) is -2.31. The Morgan fingerprint density at radius 3 is 2.48 bits per heavy atom. The molecule has 9 heteroatoms. The number of carbonyl (C=O) groups is 1. The highest BCUT2D eigenvalue weighted by atomic mass is 32.2. The Morgan fingerprint density at radius 1 is 1.43 bits per heavy atom. The van der Waals surface area contributed by atoms with Crippen molar-refractivity contribution in [1.29, 1.82) is 0 Å². The van der Waals surface area contributed by atoms with Gasteiger partial charge in [0.25, 0.3) is 0 Å². The van der Waals surface area contributed by atoms with Gasteiger partial charge in [-0.2, -0.15) is 18.2 Å². The van der Waals surface area contributed by atoms with Gasteiger partial charge in [-0.05, 0) is 32.5 Å². The summed E-state index contributed by atoms with van der Waals surface area (Å²) >= 11 is -0.233. The summed E-state index contributed by atoms with van der Waals surface area (Å²) in [5.41, 5.74) is -4.06. The number of alkyl halides is 3. The number of aromatic nitrogens is 2. The first-order valence-corrected chi connectivity index (χ1v) is 7.04. The summed E-state index contributed by atoms with van der Waals surface area (Å²) in [6, 6.07) is 0. The number of aliphatic carboxylic acids is 1. The fraction of sp³-hybridized carbons (Fsp3) is 0.583. The molecule has 0 bridgehead atoms. The molecule has 0 amide bonds. The number of thioether (sulfide) groups is 1. The number of carboxylic acid groups (broad SMARTS) is 1. The molecule has 118 valence electrons. The Morgan fingerprint density at radius 2 is 2.00 bits per heavy atom. The van der Waals surface area contributed by atoms with Gasteiger partial charge >= 0.3 is 17.2 Å². The maximum Gasteiger partial charge on any atom is 0.441 e. The first kappa shape index (κ1) is 17.5. The fourth-order valence-electron chi connectivity index (χ4n) is 2.08. The third-order valence-corrected chi connectivity index (χ3v) is 3.78. The summed E-state index contributed by atoms with van der Waals surface area (Å²) in [5, 5.41) is 9.06. The van der Waals surface area contributed by atoms with Crippen molar-refractivity contribution in [2.24, 2.45) is 0 Å². The number of hydrogen-bond donors (Lipinski definition) is 1. The van der Waals surface area contributed by atoms with E-state index in [2.05, 4.69) is 4.98 Å². The highest BCUT2D eigenvalue weighted by molar-refractivity contribution is 8.00. The van der Waals surface area contributed by atoms with Crippen LogP contribution in [0.25, 0.3) is 0 Å². The van der Waals surface area contributed by atoms with Gasteiger partial charge in [-0.15, -0.1) is 0 Å². The standard InChI is InChI=1S/C12H15F3N2O3S/c1-6(10(18)19)9-7(2)16-11(20)17(8(9)3)4-5-21-12(13,14)15/h6H,4-5H2,1-3H3,(H,18,19). The van der Waals surface area contributed by atoms with Crippen molar-refractivity contribution < 1.29 is 23.1 Å². The van der Waals surface area contributed by atoms with Crippen molar-refractivity contribution >= 4 is 17.7 Å². The van der Waals surface area contributed by atoms with Crippen LogP contribution in [0.1, 0.15) is 29.8 Å². The average molecular weight is 324 g/mol. The molecular formula is C12H15F3N2O3S. The number of hydrogen-bond acceptors (Lipinski definition) is 4. The molecule has 1 heterocycles. The number of halogens is 3. The summed E-state index contributed by atoms with van der Waals surface area (Å²) in [7, 11) is 0. The zero-order valence-electron chi connectivity index (χ0n) is 11.7. The van der Waals surface area contributed by atoms with E-state index in [1.165, 1.54) is 20.8 Å². The third kappa shape index (κ3) is 4.48. The van der Waals surface area contributed by atoms with E-state index in [1.54, 1.807) is 0 Å². The molecule has 1 aromatic heterocycles. The monoisotopic (exact) mass is 324 g/mol. The van der Waals surface area contributed by atoms with Crippen molar-refractivity contribution in [3.8, 4) is 0 Å². The molecule has 0 spiro atoms. The second kappa shape index (κ2) is 6.50. The van der Waals surface area contributed by atoms with Crippen LogP contribution < -0.4 is 5.69 Å². The highest BCUT2D eigenvalue weighted by Gasteiger charge is 2.28. The molecule has 1 atom stereocenters. The van der Waals surface area contributed by atoms with Crippen LogP contribution in [-0.4, -0.2) is 31.9 Å². The van der Waals surface area contributed by atoms with Gasteiger partial charge in [-0.3, -0.25) is 9.36 Å². The molecule has 0 aliphatic heterocycles. The lowest BCUT2D eigenvalue weighted by Crippen LogP contribution is -2.30. The lowest BCUT2D eigenvalue weighted by Gasteiger charge is -2.18. The second-order valence-electron chi connectivity index (χ2n) is 4.48. The molecule has 5 nitrogen and oxygen atoms in total. The van der Waals surface area contributed by atoms with Crippen LogP contribution in [0, 0.1) is 13.8 Å². The molecule has 0 saturated carbocycles. The van der Waals surface area contributed by atoms with E-state index in [1.807, 2.05) is 0 Å². The fourth-order valence-corrected chi connectivity index (χ4v) is 2.59. The number of carboxylic acids is 1. The number of rotatable bonds is 5. The topological polar surface area (TPSA) is 72.2 Å². The lowest BCUT2D eigenvalue weighted by atomic mass is 9.98. The van der Waals surface area contributed by atoms with E-state index in [0.29, 0.717) is 11.3 Å². The summed E-state index contributed by atoms with van der Waals surface area (Å²) < 4.78 is 37.4. The summed E-state index contributed by atoms with van der Waals surface area (Å²) in [6.45, 7) is 4.29. The molecule has 0 fully saturated rings. The largest absolute Gasteiger partial charge is 0.481 e. The minimum absolute atomic E-state index is 0.179. The lowest BCUT2D eigenvalue weighted by molar-refractivity contribution is -0.138. The van der Waals surface area contributed by atoms with Crippen molar-refractivity contribution in [3.05, 3.63) is 27.4 Å². The maximum absolute atomic E-state index is 12.1. The zero-order valence-corrected chi connectivity index (χ0v) is 12.5. The van der Waals surface area contributed by atoms with Crippen LogP contribution in [0.5, 0.6) is 0 Å². The van der Waals surface area contributed by atoms with E-state index in [-0.39, 0.29) is 29.8 Å². The van der Waals surface area contributed by atoms with Crippen molar-refractivity contribution in [1.82, 2.24) is 9.55 Å². The van der Waals surface area contributed by atoms with Gasteiger partial charge < -0.3 is 5.11 Å². The van der Waals surface area contributed by atoms with Gasteiger partial charge in [0, 0.05) is 29.2 Å². The van der Waals surface area contributed by atoms with Crippen LogP contribution in [0.3, 0.4) is 0 Å². The highest BCUT2D eigenvalue weighted by Crippen LogP contribution is 2.30. The second-order valence-corrected chi connectivity index (χ2v) is 5.64. The predicted octanol–water partition coefficient (Wildman–Crippen LogP) is 2.30.